The number of aryl methyl sites for hydroxylation is 1. The summed E-state index contributed by atoms with van der Waals surface area (Å²) in [4.78, 5) is 22.8. The van der Waals surface area contributed by atoms with Crippen molar-refractivity contribution in [2.75, 3.05) is 25.5 Å². The van der Waals surface area contributed by atoms with E-state index >= 15 is 0 Å². The first-order chi connectivity index (χ1) is 10.6. The zero-order valence-electron chi connectivity index (χ0n) is 12.9. The Balaban J connectivity index is 1.72. The van der Waals surface area contributed by atoms with Gasteiger partial charge in [0.2, 0.25) is 0 Å². The lowest BCUT2D eigenvalue weighted by atomic mass is 10.1. The molecule has 7 heteroatoms. The Morgan fingerprint density at radius 3 is 2.73 bits per heavy atom. The highest BCUT2D eigenvalue weighted by atomic mass is 16.2. The summed E-state index contributed by atoms with van der Waals surface area (Å²) in [5, 5.41) is 7.25. The predicted molar refractivity (Wildman–Crippen MR) is 82.7 cm³/mol. The zero-order chi connectivity index (χ0) is 15.5. The highest BCUT2D eigenvalue weighted by molar-refractivity contribution is 6.02. The molecular formula is C15H20N6O. The molecule has 0 aliphatic carbocycles. The number of carbonyl (C=O) groups is 1. The minimum atomic E-state index is -0.262. The van der Waals surface area contributed by atoms with Gasteiger partial charge in [-0.25, -0.2) is 9.67 Å². The van der Waals surface area contributed by atoms with E-state index in [4.69, 9.17) is 0 Å². The summed E-state index contributed by atoms with van der Waals surface area (Å²) in [6.45, 7) is 3.92. The Hall–Kier alpha value is -2.28. The molecule has 0 atom stereocenters. The summed E-state index contributed by atoms with van der Waals surface area (Å²) >= 11 is 0. The van der Waals surface area contributed by atoms with Crippen molar-refractivity contribution in [3.63, 3.8) is 0 Å². The van der Waals surface area contributed by atoms with Gasteiger partial charge in [-0.3, -0.25) is 9.78 Å². The number of anilines is 1. The molecule has 1 saturated heterocycles. The third kappa shape index (κ3) is 3.14. The average molecular weight is 300 g/mol. The van der Waals surface area contributed by atoms with Gasteiger partial charge in [-0.15, -0.1) is 0 Å². The van der Waals surface area contributed by atoms with E-state index in [1.165, 1.54) is 6.20 Å². The third-order valence-corrected chi connectivity index (χ3v) is 3.96. The van der Waals surface area contributed by atoms with Gasteiger partial charge in [-0.05, 0) is 39.9 Å². The van der Waals surface area contributed by atoms with Gasteiger partial charge in [-0.1, -0.05) is 0 Å². The van der Waals surface area contributed by atoms with Gasteiger partial charge in [0.05, 0.1) is 24.1 Å². The van der Waals surface area contributed by atoms with Crippen LogP contribution in [-0.4, -0.2) is 50.7 Å². The Morgan fingerprint density at radius 1 is 1.27 bits per heavy atom. The molecule has 0 aromatic carbocycles. The van der Waals surface area contributed by atoms with E-state index in [0.29, 0.717) is 17.6 Å². The Bertz CT molecular complexity index is 642. The number of likely N-dealkylation sites (tertiary alicyclic amines) is 1. The maximum absolute atomic E-state index is 12.2. The molecule has 0 bridgehead atoms. The number of nitrogens with zero attached hydrogens (tertiary/aromatic N) is 5. The Labute approximate surface area is 129 Å². The van der Waals surface area contributed by atoms with Crippen LogP contribution in [0.15, 0.2) is 24.7 Å². The van der Waals surface area contributed by atoms with Crippen LogP contribution in [0, 0.1) is 6.92 Å². The quantitative estimate of drug-likeness (QED) is 0.929. The van der Waals surface area contributed by atoms with E-state index in [1.807, 2.05) is 17.7 Å². The summed E-state index contributed by atoms with van der Waals surface area (Å²) in [5.41, 5.74) is 1.09. The minimum absolute atomic E-state index is 0.262. The van der Waals surface area contributed by atoms with E-state index in [-0.39, 0.29) is 5.91 Å². The van der Waals surface area contributed by atoms with Crippen molar-refractivity contribution in [3.05, 3.63) is 36.0 Å². The van der Waals surface area contributed by atoms with Crippen LogP contribution in [0.4, 0.5) is 5.82 Å². The topological polar surface area (TPSA) is 75.9 Å². The first-order valence-corrected chi connectivity index (χ1v) is 7.45. The highest BCUT2D eigenvalue weighted by Crippen LogP contribution is 2.24. The molecule has 1 aliphatic rings. The normalized spacial score (nSPS) is 16.6. The van der Waals surface area contributed by atoms with Crippen molar-refractivity contribution in [1.29, 1.82) is 0 Å². The van der Waals surface area contributed by atoms with Gasteiger partial charge in [0.25, 0.3) is 5.91 Å². The number of rotatable bonds is 3. The van der Waals surface area contributed by atoms with Crippen molar-refractivity contribution < 1.29 is 4.79 Å². The van der Waals surface area contributed by atoms with Crippen LogP contribution < -0.4 is 5.32 Å². The summed E-state index contributed by atoms with van der Waals surface area (Å²) in [6.07, 6.45) is 6.86. The van der Waals surface area contributed by atoms with Gasteiger partial charge in [0.1, 0.15) is 11.5 Å². The maximum atomic E-state index is 12.2. The van der Waals surface area contributed by atoms with Crippen molar-refractivity contribution >= 4 is 11.7 Å². The molecule has 1 amide bonds. The van der Waals surface area contributed by atoms with Crippen molar-refractivity contribution in [1.82, 2.24) is 24.6 Å². The smallest absolute Gasteiger partial charge is 0.277 e. The molecule has 2 aromatic heterocycles. The fourth-order valence-corrected chi connectivity index (χ4v) is 2.63. The zero-order valence-corrected chi connectivity index (χ0v) is 12.9. The molecular weight excluding hydrogens is 280 g/mol. The van der Waals surface area contributed by atoms with Gasteiger partial charge < -0.3 is 10.2 Å². The molecule has 0 radical (unpaired) electrons. The van der Waals surface area contributed by atoms with Gasteiger partial charge >= 0.3 is 0 Å². The second kappa shape index (κ2) is 6.23. The lowest BCUT2D eigenvalue weighted by molar-refractivity contribution is 0.102. The summed E-state index contributed by atoms with van der Waals surface area (Å²) in [7, 11) is 2.12. The highest BCUT2D eigenvalue weighted by Gasteiger charge is 2.21. The standard InChI is InChI=1S/C15H20N6O/c1-11-9-17-13(10-16-11)15(22)19-14-3-6-18-21(14)12-4-7-20(2)8-5-12/h3,6,9-10,12H,4-5,7-8H2,1-2H3,(H,19,22). The van der Waals surface area contributed by atoms with E-state index < -0.39 is 0 Å². The van der Waals surface area contributed by atoms with Gasteiger partial charge in [0.15, 0.2) is 0 Å². The number of nitrogens with one attached hydrogen (secondary N) is 1. The van der Waals surface area contributed by atoms with Crippen LogP contribution in [-0.2, 0) is 0 Å². The molecule has 0 saturated carbocycles. The summed E-state index contributed by atoms with van der Waals surface area (Å²) in [6, 6.07) is 2.14. The molecule has 2 aromatic rings. The van der Waals surface area contributed by atoms with Crippen LogP contribution in [0.5, 0.6) is 0 Å². The molecule has 1 fully saturated rings. The maximum Gasteiger partial charge on any atom is 0.277 e. The fraction of sp³-hybridized carbons (Fsp3) is 0.467. The van der Waals surface area contributed by atoms with Crippen LogP contribution in [0.25, 0.3) is 0 Å². The summed E-state index contributed by atoms with van der Waals surface area (Å²) in [5.74, 6) is 0.448. The molecule has 22 heavy (non-hydrogen) atoms. The van der Waals surface area contributed by atoms with Crippen molar-refractivity contribution in [2.45, 2.75) is 25.8 Å². The lowest BCUT2D eigenvalue weighted by Crippen LogP contribution is -2.32. The summed E-state index contributed by atoms with van der Waals surface area (Å²) < 4.78 is 1.91. The minimum Gasteiger partial charge on any atom is -0.306 e. The van der Waals surface area contributed by atoms with Crippen LogP contribution in [0.3, 0.4) is 0 Å². The van der Waals surface area contributed by atoms with E-state index in [2.05, 4.69) is 32.3 Å². The van der Waals surface area contributed by atoms with E-state index in [0.717, 1.165) is 31.6 Å². The Kier molecular flexibility index (Phi) is 4.15. The van der Waals surface area contributed by atoms with Gasteiger partial charge in [-0.2, -0.15) is 5.10 Å². The molecule has 0 unspecified atom stereocenters. The molecule has 1 aliphatic heterocycles. The molecule has 0 spiro atoms. The first kappa shape index (κ1) is 14.6. The second-order valence-corrected chi connectivity index (χ2v) is 5.69. The van der Waals surface area contributed by atoms with Crippen molar-refractivity contribution in [3.8, 4) is 0 Å². The first-order valence-electron chi connectivity index (χ1n) is 7.45. The predicted octanol–water partition coefficient (Wildman–Crippen LogP) is 1.50. The number of hydrogen-bond donors (Lipinski definition) is 1. The lowest BCUT2D eigenvalue weighted by Gasteiger charge is -2.29. The second-order valence-electron chi connectivity index (χ2n) is 5.69. The van der Waals surface area contributed by atoms with E-state index in [1.54, 1.807) is 12.4 Å². The molecule has 116 valence electrons. The molecule has 7 nitrogen and oxygen atoms in total. The monoisotopic (exact) mass is 300 g/mol. The number of amides is 1. The van der Waals surface area contributed by atoms with Crippen LogP contribution in [0.2, 0.25) is 0 Å². The number of aromatic nitrogens is 4. The van der Waals surface area contributed by atoms with Crippen LogP contribution in [0.1, 0.15) is 35.1 Å². The number of carbonyl (C=O) groups excluding carboxylic acids is 1. The van der Waals surface area contributed by atoms with E-state index in [9.17, 15) is 4.79 Å². The average Bonchev–Trinajstić information content (AvgIpc) is 2.97. The van der Waals surface area contributed by atoms with Crippen molar-refractivity contribution in [2.24, 2.45) is 0 Å². The number of hydrogen-bond acceptors (Lipinski definition) is 5. The van der Waals surface area contributed by atoms with Gasteiger partial charge in [0, 0.05) is 12.3 Å². The molecule has 3 rings (SSSR count). The Morgan fingerprint density at radius 2 is 2.05 bits per heavy atom. The fourth-order valence-electron chi connectivity index (χ4n) is 2.63. The molecule has 3 heterocycles. The third-order valence-electron chi connectivity index (χ3n) is 3.96. The largest absolute Gasteiger partial charge is 0.306 e. The molecule has 1 N–H and O–H groups in total. The number of piperidine rings is 1. The van der Waals surface area contributed by atoms with Crippen LogP contribution >= 0.6 is 0 Å². The SMILES string of the molecule is Cc1cnc(C(=O)Nc2ccnn2C2CCN(C)CC2)cn1.